The molecule has 2 heterocycles. The van der Waals surface area contributed by atoms with Crippen LogP contribution in [0, 0.1) is 0 Å². The molecule has 26 heavy (non-hydrogen) atoms. The number of carbonyl (C=O) groups is 2. The van der Waals surface area contributed by atoms with Crippen molar-refractivity contribution < 1.29 is 37.7 Å². The van der Waals surface area contributed by atoms with Crippen LogP contribution in [0.1, 0.15) is 17.2 Å². The molecule has 1 aliphatic rings. The van der Waals surface area contributed by atoms with E-state index in [9.17, 15) is 23.1 Å². The minimum absolute atomic E-state index is 0.227. The number of halogens is 3. The van der Waals surface area contributed by atoms with Crippen LogP contribution < -0.4 is 4.74 Å². The quantitative estimate of drug-likeness (QED) is 0.845. The Bertz CT molecular complexity index is 834. The normalized spacial score (nSPS) is 15.5. The fourth-order valence-electron chi connectivity index (χ4n) is 2.10. The molecule has 2 N–H and O–H groups in total. The Labute approximate surface area is 145 Å². The Balaban J connectivity index is 0.000000298. The minimum Gasteiger partial charge on any atom is -0.480 e. The van der Waals surface area contributed by atoms with Gasteiger partial charge in [-0.25, -0.2) is 9.59 Å². The number of aromatic nitrogens is 1. The number of rotatable bonds is 2. The molecule has 1 aliphatic heterocycles. The summed E-state index contributed by atoms with van der Waals surface area (Å²) in [4.78, 5) is 24.2. The predicted molar refractivity (Wildman–Crippen MR) is 83.4 cm³/mol. The van der Waals surface area contributed by atoms with E-state index < -0.39 is 24.2 Å². The van der Waals surface area contributed by atoms with Crippen LogP contribution in [0.2, 0.25) is 0 Å². The molecule has 3 rings (SSSR count). The zero-order valence-corrected chi connectivity index (χ0v) is 13.0. The van der Waals surface area contributed by atoms with Gasteiger partial charge in [-0.3, -0.25) is 4.98 Å². The van der Waals surface area contributed by atoms with Gasteiger partial charge in [0.05, 0.1) is 5.57 Å². The Morgan fingerprint density at radius 3 is 2.15 bits per heavy atom. The van der Waals surface area contributed by atoms with Crippen molar-refractivity contribution in [1.29, 1.82) is 0 Å². The topological polar surface area (TPSA) is 96.7 Å². The fraction of sp³-hybridized carbons (Fsp3) is 0.118. The number of carboxylic acids is 2. The lowest BCUT2D eigenvalue weighted by Crippen LogP contribution is -2.21. The highest BCUT2D eigenvalue weighted by atomic mass is 19.4. The van der Waals surface area contributed by atoms with Crippen molar-refractivity contribution in [2.45, 2.75) is 12.3 Å². The van der Waals surface area contributed by atoms with E-state index in [0.717, 1.165) is 11.1 Å². The number of hydrogen-bond acceptors (Lipinski definition) is 4. The lowest BCUT2D eigenvalue weighted by Gasteiger charge is -2.25. The summed E-state index contributed by atoms with van der Waals surface area (Å²) >= 11 is 0. The molecule has 136 valence electrons. The maximum absolute atomic E-state index is 11.4. The van der Waals surface area contributed by atoms with Gasteiger partial charge in [0, 0.05) is 23.5 Å². The summed E-state index contributed by atoms with van der Waals surface area (Å²) < 4.78 is 37.6. The van der Waals surface area contributed by atoms with Crippen molar-refractivity contribution in [3.05, 3.63) is 65.5 Å². The third kappa shape index (κ3) is 4.59. The number of para-hydroxylation sites is 1. The predicted octanol–water partition coefficient (Wildman–Crippen LogP) is 3.32. The molecule has 0 aliphatic carbocycles. The van der Waals surface area contributed by atoms with Gasteiger partial charge in [0.15, 0.2) is 6.10 Å². The van der Waals surface area contributed by atoms with E-state index in [4.69, 9.17) is 14.6 Å². The van der Waals surface area contributed by atoms with E-state index >= 15 is 0 Å². The SMILES string of the molecule is O=C(O)C(F)(F)F.O=C(O)C1=Cc2ccccc2OC1c1ccncc1. The summed E-state index contributed by atoms with van der Waals surface area (Å²) in [6, 6.07) is 10.9. The molecule has 1 aromatic carbocycles. The Hall–Kier alpha value is -3.36. The number of aliphatic carboxylic acids is 2. The second-order valence-corrected chi connectivity index (χ2v) is 5.02. The van der Waals surface area contributed by atoms with Crippen LogP contribution in [0.25, 0.3) is 6.08 Å². The molecular weight excluding hydrogens is 355 g/mol. The summed E-state index contributed by atoms with van der Waals surface area (Å²) in [7, 11) is 0. The van der Waals surface area contributed by atoms with Gasteiger partial charge in [-0.1, -0.05) is 18.2 Å². The van der Waals surface area contributed by atoms with Crippen LogP contribution in [-0.2, 0) is 9.59 Å². The van der Waals surface area contributed by atoms with Crippen LogP contribution in [0.4, 0.5) is 13.2 Å². The van der Waals surface area contributed by atoms with E-state index in [1.807, 2.05) is 24.3 Å². The lowest BCUT2D eigenvalue weighted by atomic mass is 9.97. The second-order valence-electron chi connectivity index (χ2n) is 5.02. The number of hydrogen-bond donors (Lipinski definition) is 2. The highest BCUT2D eigenvalue weighted by Crippen LogP contribution is 2.36. The first kappa shape index (κ1) is 19.0. The third-order valence-corrected chi connectivity index (χ3v) is 3.26. The maximum atomic E-state index is 11.4. The van der Waals surface area contributed by atoms with Crippen molar-refractivity contribution in [2.75, 3.05) is 0 Å². The maximum Gasteiger partial charge on any atom is 0.490 e. The first-order chi connectivity index (χ1) is 12.2. The molecule has 0 spiro atoms. The summed E-state index contributed by atoms with van der Waals surface area (Å²) in [5, 5.41) is 16.5. The second kappa shape index (κ2) is 7.68. The van der Waals surface area contributed by atoms with Crippen molar-refractivity contribution >= 4 is 18.0 Å². The Kier molecular flexibility index (Phi) is 5.61. The highest BCUT2D eigenvalue weighted by Gasteiger charge is 2.38. The van der Waals surface area contributed by atoms with Gasteiger partial charge in [-0.2, -0.15) is 13.2 Å². The molecule has 6 nitrogen and oxygen atoms in total. The number of fused-ring (bicyclic) bond motifs is 1. The van der Waals surface area contributed by atoms with Gasteiger partial charge in [0.1, 0.15) is 5.75 Å². The van der Waals surface area contributed by atoms with Crippen LogP contribution in [0.15, 0.2) is 54.4 Å². The number of pyridine rings is 1. The number of carboxylic acid groups (broad SMARTS) is 2. The molecule has 0 amide bonds. The van der Waals surface area contributed by atoms with Gasteiger partial charge in [0.25, 0.3) is 0 Å². The number of alkyl halides is 3. The Morgan fingerprint density at radius 1 is 1.04 bits per heavy atom. The molecule has 2 aromatic rings. The van der Waals surface area contributed by atoms with E-state index in [2.05, 4.69) is 4.98 Å². The van der Waals surface area contributed by atoms with Crippen LogP contribution in [0.5, 0.6) is 5.75 Å². The highest BCUT2D eigenvalue weighted by molar-refractivity contribution is 5.95. The minimum atomic E-state index is -5.08. The van der Waals surface area contributed by atoms with E-state index in [1.54, 1.807) is 30.6 Å². The molecule has 1 atom stereocenters. The van der Waals surface area contributed by atoms with Crippen LogP contribution in [0.3, 0.4) is 0 Å². The van der Waals surface area contributed by atoms with E-state index in [1.165, 1.54) is 0 Å². The summed E-state index contributed by atoms with van der Waals surface area (Å²) in [5.74, 6) is -3.04. The summed E-state index contributed by atoms with van der Waals surface area (Å²) in [5.41, 5.74) is 1.79. The molecule has 1 aromatic heterocycles. The van der Waals surface area contributed by atoms with Crippen molar-refractivity contribution in [3.8, 4) is 5.75 Å². The molecule has 0 bridgehead atoms. The Morgan fingerprint density at radius 2 is 1.62 bits per heavy atom. The fourth-order valence-corrected chi connectivity index (χ4v) is 2.10. The summed E-state index contributed by atoms with van der Waals surface area (Å²) in [6.07, 6.45) is -0.778. The average Bonchev–Trinajstić information content (AvgIpc) is 2.61. The van der Waals surface area contributed by atoms with Crippen molar-refractivity contribution in [2.24, 2.45) is 0 Å². The van der Waals surface area contributed by atoms with Gasteiger partial charge in [-0.15, -0.1) is 0 Å². The van der Waals surface area contributed by atoms with Gasteiger partial charge in [-0.05, 0) is 24.3 Å². The molecule has 0 saturated carbocycles. The summed E-state index contributed by atoms with van der Waals surface area (Å²) in [6.45, 7) is 0. The molecule has 0 fully saturated rings. The third-order valence-electron chi connectivity index (χ3n) is 3.26. The van der Waals surface area contributed by atoms with Crippen molar-refractivity contribution in [3.63, 3.8) is 0 Å². The van der Waals surface area contributed by atoms with E-state index in [-0.39, 0.29) is 5.57 Å². The zero-order valence-electron chi connectivity index (χ0n) is 13.0. The van der Waals surface area contributed by atoms with Crippen molar-refractivity contribution in [1.82, 2.24) is 4.98 Å². The number of ether oxygens (including phenoxy) is 1. The first-order valence-electron chi connectivity index (χ1n) is 7.10. The van der Waals surface area contributed by atoms with Gasteiger partial charge in [0.2, 0.25) is 0 Å². The number of nitrogens with zero attached hydrogens (tertiary/aromatic N) is 1. The molecular formula is C17H12F3NO5. The molecule has 9 heteroatoms. The molecule has 0 saturated heterocycles. The van der Waals surface area contributed by atoms with Gasteiger partial charge < -0.3 is 14.9 Å². The smallest absolute Gasteiger partial charge is 0.480 e. The lowest BCUT2D eigenvalue weighted by molar-refractivity contribution is -0.192. The molecule has 1 unspecified atom stereocenters. The average molecular weight is 367 g/mol. The van der Waals surface area contributed by atoms with Gasteiger partial charge >= 0.3 is 18.1 Å². The zero-order chi connectivity index (χ0) is 19.3. The monoisotopic (exact) mass is 367 g/mol. The van der Waals surface area contributed by atoms with Crippen LogP contribution in [-0.4, -0.2) is 33.3 Å². The first-order valence-corrected chi connectivity index (χ1v) is 7.10. The number of benzene rings is 1. The molecule has 0 radical (unpaired) electrons. The van der Waals surface area contributed by atoms with E-state index in [0.29, 0.717) is 5.75 Å². The van der Waals surface area contributed by atoms with Crippen LogP contribution >= 0.6 is 0 Å². The largest absolute Gasteiger partial charge is 0.490 e. The standard InChI is InChI=1S/C15H11NO3.C2HF3O2/c17-15(18)12-9-11-3-1-2-4-13(11)19-14(12)10-5-7-16-8-6-10;3-2(4,5)1(6)7/h1-9,14H,(H,17,18);(H,6,7).